The number of hydrogen-bond acceptors (Lipinski definition) is 3. The summed E-state index contributed by atoms with van der Waals surface area (Å²) in [6, 6.07) is 3.51. The lowest BCUT2D eigenvalue weighted by Gasteiger charge is -2.09. The number of hydrazone groups is 1. The molecule has 0 bridgehead atoms. The molecular formula is C9H12N4O. The van der Waals surface area contributed by atoms with E-state index in [1.54, 1.807) is 7.05 Å². The zero-order valence-electron chi connectivity index (χ0n) is 8.11. The molecule has 0 aromatic carbocycles. The normalized spacial score (nSPS) is 20.9. The summed E-state index contributed by atoms with van der Waals surface area (Å²) in [4.78, 5) is 11.3. The summed E-state index contributed by atoms with van der Waals surface area (Å²) in [6.45, 7) is 0. The third-order valence-electron chi connectivity index (χ3n) is 2.32. The molecule has 1 aromatic heterocycles. The van der Waals surface area contributed by atoms with Gasteiger partial charge in [-0.05, 0) is 19.2 Å². The maximum absolute atomic E-state index is 11.3. The summed E-state index contributed by atoms with van der Waals surface area (Å²) in [7, 11) is 3.67. The molecule has 0 aliphatic carbocycles. The smallest absolute Gasteiger partial charge is 0.263 e. The monoisotopic (exact) mass is 192 g/mol. The quantitative estimate of drug-likeness (QED) is 0.660. The number of amides is 1. The lowest BCUT2D eigenvalue weighted by molar-refractivity contribution is -0.120. The highest BCUT2D eigenvalue weighted by Gasteiger charge is 2.30. The number of nitrogens with one attached hydrogen (secondary N) is 2. The topological polar surface area (TPSA) is 58.4 Å². The van der Waals surface area contributed by atoms with E-state index in [9.17, 15) is 4.79 Å². The van der Waals surface area contributed by atoms with Crippen LogP contribution in [0.1, 0.15) is 5.69 Å². The third-order valence-corrected chi connectivity index (χ3v) is 2.32. The van der Waals surface area contributed by atoms with Crippen LogP contribution in [0, 0.1) is 0 Å². The Kier molecular flexibility index (Phi) is 2.09. The number of carbonyl (C=O) groups excluding carboxylic acids is 1. The van der Waals surface area contributed by atoms with Crippen LogP contribution >= 0.6 is 0 Å². The summed E-state index contributed by atoms with van der Waals surface area (Å²) < 4.78 is 1.93. The molecule has 0 spiro atoms. The average molecular weight is 192 g/mol. The minimum absolute atomic E-state index is 0.108. The van der Waals surface area contributed by atoms with E-state index < -0.39 is 0 Å². The Labute approximate surface area is 81.8 Å². The van der Waals surface area contributed by atoms with Crippen LogP contribution < -0.4 is 10.7 Å². The molecule has 2 rings (SSSR count). The zero-order valence-corrected chi connectivity index (χ0v) is 8.11. The second kappa shape index (κ2) is 3.26. The number of aryl methyl sites for hydroxylation is 1. The fourth-order valence-corrected chi connectivity index (χ4v) is 1.57. The lowest BCUT2D eigenvalue weighted by atomic mass is 10.1. The van der Waals surface area contributed by atoms with Crippen molar-refractivity contribution in [3.8, 4) is 0 Å². The van der Waals surface area contributed by atoms with Crippen molar-refractivity contribution in [2.75, 3.05) is 7.05 Å². The number of aromatic nitrogens is 1. The molecule has 1 unspecified atom stereocenters. The number of hydrogen-bond donors (Lipinski definition) is 2. The molecular weight excluding hydrogens is 180 g/mol. The van der Waals surface area contributed by atoms with E-state index in [2.05, 4.69) is 15.8 Å². The van der Waals surface area contributed by atoms with E-state index >= 15 is 0 Å². The van der Waals surface area contributed by atoms with E-state index in [1.165, 1.54) is 0 Å². The van der Waals surface area contributed by atoms with E-state index in [0.29, 0.717) is 0 Å². The number of nitrogens with zero attached hydrogens (tertiary/aromatic N) is 2. The van der Waals surface area contributed by atoms with Crippen LogP contribution in [0.3, 0.4) is 0 Å². The molecule has 0 saturated heterocycles. The van der Waals surface area contributed by atoms with Crippen LogP contribution in [0.15, 0.2) is 23.4 Å². The zero-order chi connectivity index (χ0) is 10.1. The van der Waals surface area contributed by atoms with Crippen LogP contribution in [0.4, 0.5) is 0 Å². The SMILES string of the molecule is CNC1C(=O)NN=C1c1cccn1C. The molecule has 0 fully saturated rings. The first-order valence-electron chi connectivity index (χ1n) is 4.40. The van der Waals surface area contributed by atoms with Gasteiger partial charge in [0.15, 0.2) is 0 Å². The summed E-state index contributed by atoms with van der Waals surface area (Å²) >= 11 is 0. The van der Waals surface area contributed by atoms with Crippen molar-refractivity contribution in [3.05, 3.63) is 24.0 Å². The predicted molar refractivity (Wildman–Crippen MR) is 52.9 cm³/mol. The molecule has 1 atom stereocenters. The Hall–Kier alpha value is -1.62. The van der Waals surface area contributed by atoms with Crippen molar-refractivity contribution in [3.63, 3.8) is 0 Å². The second-order valence-electron chi connectivity index (χ2n) is 3.20. The maximum atomic E-state index is 11.3. The van der Waals surface area contributed by atoms with Crippen molar-refractivity contribution in [2.45, 2.75) is 6.04 Å². The Morgan fingerprint density at radius 2 is 2.43 bits per heavy atom. The standard InChI is InChI=1S/C9H12N4O/c1-10-8-7(11-12-9(8)14)6-4-3-5-13(6)2/h3-5,8,10H,1-2H3,(H,12,14). The molecule has 74 valence electrons. The molecule has 1 aliphatic heterocycles. The third kappa shape index (κ3) is 1.22. The van der Waals surface area contributed by atoms with E-state index in [1.807, 2.05) is 29.9 Å². The lowest BCUT2D eigenvalue weighted by Crippen LogP contribution is -2.41. The average Bonchev–Trinajstić information content (AvgIpc) is 2.71. The fourth-order valence-electron chi connectivity index (χ4n) is 1.57. The second-order valence-corrected chi connectivity index (χ2v) is 3.20. The van der Waals surface area contributed by atoms with Gasteiger partial charge in [0, 0.05) is 13.2 Å². The van der Waals surface area contributed by atoms with Crippen LogP contribution in [0.2, 0.25) is 0 Å². The summed E-state index contributed by atoms with van der Waals surface area (Å²) in [5, 5.41) is 6.93. The first-order valence-corrected chi connectivity index (χ1v) is 4.40. The van der Waals surface area contributed by atoms with E-state index in [0.717, 1.165) is 11.4 Å². The van der Waals surface area contributed by atoms with E-state index in [4.69, 9.17) is 0 Å². The largest absolute Gasteiger partial charge is 0.349 e. The molecule has 1 amide bonds. The summed E-state index contributed by atoms with van der Waals surface area (Å²) in [6.07, 6.45) is 1.92. The molecule has 1 aromatic rings. The highest BCUT2D eigenvalue weighted by atomic mass is 16.2. The van der Waals surface area contributed by atoms with Crippen molar-refractivity contribution in [1.82, 2.24) is 15.3 Å². The van der Waals surface area contributed by atoms with Crippen molar-refractivity contribution in [2.24, 2.45) is 12.1 Å². The van der Waals surface area contributed by atoms with Gasteiger partial charge < -0.3 is 9.88 Å². The van der Waals surface area contributed by atoms with Crippen molar-refractivity contribution in [1.29, 1.82) is 0 Å². The minimum atomic E-state index is -0.344. The van der Waals surface area contributed by atoms with Gasteiger partial charge in [-0.3, -0.25) is 4.79 Å². The summed E-state index contributed by atoms with van der Waals surface area (Å²) in [5.41, 5.74) is 4.15. The minimum Gasteiger partial charge on any atom is -0.349 e. The van der Waals surface area contributed by atoms with Crippen LogP contribution in [0.5, 0.6) is 0 Å². The van der Waals surface area contributed by atoms with Gasteiger partial charge in [0.25, 0.3) is 5.91 Å². The molecule has 1 aliphatic rings. The van der Waals surface area contributed by atoms with Crippen LogP contribution in [-0.4, -0.2) is 29.3 Å². The van der Waals surface area contributed by atoms with Crippen LogP contribution in [-0.2, 0) is 11.8 Å². The predicted octanol–water partition coefficient (Wildman–Crippen LogP) is -0.553. The molecule has 0 saturated carbocycles. The maximum Gasteiger partial charge on any atom is 0.263 e. The molecule has 5 nitrogen and oxygen atoms in total. The first kappa shape index (κ1) is 8.96. The highest BCUT2D eigenvalue weighted by Crippen LogP contribution is 2.09. The Bertz CT molecular complexity index is 393. The van der Waals surface area contributed by atoms with E-state index in [-0.39, 0.29) is 11.9 Å². The Morgan fingerprint density at radius 3 is 3.00 bits per heavy atom. The van der Waals surface area contributed by atoms with Crippen molar-refractivity contribution >= 4 is 11.6 Å². The molecule has 2 N–H and O–H groups in total. The first-order chi connectivity index (χ1) is 6.74. The summed E-state index contributed by atoms with van der Waals surface area (Å²) in [5.74, 6) is -0.108. The van der Waals surface area contributed by atoms with Gasteiger partial charge in [0.2, 0.25) is 0 Å². The van der Waals surface area contributed by atoms with Gasteiger partial charge in [0.1, 0.15) is 11.8 Å². The molecule has 5 heteroatoms. The van der Waals surface area contributed by atoms with Gasteiger partial charge in [0.05, 0.1) is 5.69 Å². The Morgan fingerprint density at radius 1 is 1.64 bits per heavy atom. The van der Waals surface area contributed by atoms with Crippen LogP contribution in [0.25, 0.3) is 0 Å². The number of rotatable bonds is 2. The van der Waals surface area contributed by atoms with Gasteiger partial charge in [-0.2, -0.15) is 5.10 Å². The highest BCUT2D eigenvalue weighted by molar-refractivity contribution is 6.18. The van der Waals surface area contributed by atoms with Gasteiger partial charge in [-0.1, -0.05) is 0 Å². The molecule has 2 heterocycles. The Balaban J connectivity index is 2.36. The fraction of sp³-hybridized carbons (Fsp3) is 0.333. The molecule has 14 heavy (non-hydrogen) atoms. The van der Waals surface area contributed by atoms with Crippen molar-refractivity contribution < 1.29 is 4.79 Å². The van der Waals surface area contributed by atoms with Gasteiger partial charge in [-0.25, -0.2) is 5.43 Å². The number of carbonyl (C=O) groups is 1. The van der Waals surface area contributed by atoms with Gasteiger partial charge in [-0.15, -0.1) is 0 Å². The number of likely N-dealkylation sites (N-methyl/N-ethyl adjacent to an activating group) is 1. The van der Waals surface area contributed by atoms with Gasteiger partial charge >= 0.3 is 0 Å². The molecule has 0 radical (unpaired) electrons.